The molecule has 0 fully saturated rings. The molecule has 4 nitrogen and oxygen atoms in total. The number of nitrogens with zero attached hydrogens (tertiary/aromatic N) is 1. The Kier molecular flexibility index (Phi) is 5.15. The van der Waals surface area contributed by atoms with Crippen molar-refractivity contribution in [2.75, 3.05) is 13.2 Å². The highest BCUT2D eigenvalue weighted by Gasteiger charge is 2.23. The Bertz CT molecular complexity index is 581. The zero-order valence-corrected chi connectivity index (χ0v) is 13.0. The van der Waals surface area contributed by atoms with Gasteiger partial charge in [0.25, 0.3) is 0 Å². The molecule has 0 amide bonds. The summed E-state index contributed by atoms with van der Waals surface area (Å²) in [5, 5.41) is 14.0. The quantitative estimate of drug-likeness (QED) is 0.822. The molecule has 0 spiro atoms. The van der Waals surface area contributed by atoms with Crippen molar-refractivity contribution in [1.82, 2.24) is 10.3 Å². The highest BCUT2D eigenvalue weighted by molar-refractivity contribution is 5.84. The first-order chi connectivity index (χ1) is 10.0. The number of aromatic nitrogens is 1. The minimum atomic E-state index is -0.327. The number of aliphatic hydroxyl groups excluding tert-OH is 1. The predicted octanol–water partition coefficient (Wildman–Crippen LogP) is 2.75. The molecule has 114 valence electrons. The van der Waals surface area contributed by atoms with Crippen LogP contribution in [-0.2, 0) is 0 Å². The van der Waals surface area contributed by atoms with Gasteiger partial charge in [-0.1, -0.05) is 32.0 Å². The molecule has 4 heteroatoms. The topological polar surface area (TPSA) is 54.4 Å². The van der Waals surface area contributed by atoms with Crippen LogP contribution in [0.15, 0.2) is 36.5 Å². The smallest absolute Gasteiger partial charge is 0.145 e. The van der Waals surface area contributed by atoms with E-state index in [-0.39, 0.29) is 12.1 Å². The number of nitrogens with one attached hydrogen (secondary N) is 1. The van der Waals surface area contributed by atoms with Crippen LogP contribution in [0.2, 0.25) is 0 Å². The fourth-order valence-electron chi connectivity index (χ4n) is 2.47. The Morgan fingerprint density at radius 2 is 2.05 bits per heavy atom. The summed E-state index contributed by atoms with van der Waals surface area (Å²) >= 11 is 0. The molecular formula is C17H24N2O2. The van der Waals surface area contributed by atoms with Crippen LogP contribution in [-0.4, -0.2) is 34.9 Å². The number of hydrogen-bond donors (Lipinski definition) is 2. The second kappa shape index (κ2) is 6.87. The van der Waals surface area contributed by atoms with E-state index in [2.05, 4.69) is 24.1 Å². The largest absolute Gasteiger partial charge is 0.491 e. The molecular weight excluding hydrogens is 264 g/mol. The van der Waals surface area contributed by atoms with Crippen molar-refractivity contribution < 1.29 is 9.84 Å². The molecule has 1 unspecified atom stereocenters. The van der Waals surface area contributed by atoms with Crippen LogP contribution in [0.25, 0.3) is 10.9 Å². The average molecular weight is 288 g/mol. The molecule has 2 N–H and O–H groups in total. The summed E-state index contributed by atoms with van der Waals surface area (Å²) in [5.41, 5.74) is 0.550. The lowest BCUT2D eigenvalue weighted by atomic mass is 9.98. The Balaban J connectivity index is 2.02. The number of aliphatic hydroxyl groups is 1. The lowest BCUT2D eigenvalue weighted by Gasteiger charge is -2.31. The van der Waals surface area contributed by atoms with Crippen molar-refractivity contribution in [2.24, 2.45) is 0 Å². The van der Waals surface area contributed by atoms with Gasteiger partial charge in [0.05, 0.1) is 13.2 Å². The maximum Gasteiger partial charge on any atom is 0.145 e. The first-order valence-electron chi connectivity index (χ1n) is 7.39. The summed E-state index contributed by atoms with van der Waals surface area (Å²) in [7, 11) is 0. The van der Waals surface area contributed by atoms with Crippen molar-refractivity contribution in [2.45, 2.75) is 38.8 Å². The monoisotopic (exact) mass is 288 g/mol. The van der Waals surface area contributed by atoms with E-state index in [9.17, 15) is 5.11 Å². The zero-order chi connectivity index (χ0) is 15.3. The third-order valence-electron chi connectivity index (χ3n) is 3.49. The van der Waals surface area contributed by atoms with E-state index >= 15 is 0 Å². The van der Waals surface area contributed by atoms with Gasteiger partial charge in [0.1, 0.15) is 11.3 Å². The fourth-order valence-corrected chi connectivity index (χ4v) is 2.47. The first kappa shape index (κ1) is 15.7. The lowest BCUT2D eigenvalue weighted by molar-refractivity contribution is 0.136. The van der Waals surface area contributed by atoms with Crippen LogP contribution in [0.4, 0.5) is 0 Å². The van der Waals surface area contributed by atoms with Gasteiger partial charge in [-0.05, 0) is 19.1 Å². The van der Waals surface area contributed by atoms with Crippen LogP contribution >= 0.6 is 0 Å². The van der Waals surface area contributed by atoms with Gasteiger partial charge in [-0.3, -0.25) is 4.98 Å². The summed E-state index contributed by atoms with van der Waals surface area (Å²) in [6.45, 7) is 6.78. The minimum absolute atomic E-state index is 0.0856. The van der Waals surface area contributed by atoms with E-state index in [4.69, 9.17) is 4.74 Å². The lowest BCUT2D eigenvalue weighted by Crippen LogP contribution is -2.49. The molecule has 0 bridgehead atoms. The highest BCUT2D eigenvalue weighted by atomic mass is 16.5. The molecule has 2 aromatic rings. The molecule has 0 aliphatic carbocycles. The van der Waals surface area contributed by atoms with E-state index in [1.54, 1.807) is 6.20 Å². The van der Waals surface area contributed by atoms with Crippen molar-refractivity contribution in [3.05, 3.63) is 36.5 Å². The summed E-state index contributed by atoms with van der Waals surface area (Å²) in [4.78, 5) is 4.37. The molecule has 0 saturated heterocycles. The molecule has 0 radical (unpaired) electrons. The van der Waals surface area contributed by atoms with Crippen LogP contribution in [0, 0.1) is 0 Å². The molecule has 0 aliphatic heterocycles. The minimum Gasteiger partial charge on any atom is -0.491 e. The van der Waals surface area contributed by atoms with Gasteiger partial charge in [0.15, 0.2) is 0 Å². The summed E-state index contributed by atoms with van der Waals surface area (Å²) in [6, 6.07) is 10.2. The number of para-hydroxylation sites is 1. The van der Waals surface area contributed by atoms with Gasteiger partial charge in [0, 0.05) is 29.6 Å². The average Bonchev–Trinajstić information content (AvgIpc) is 2.47. The molecule has 21 heavy (non-hydrogen) atoms. The first-order valence-corrected chi connectivity index (χ1v) is 7.39. The van der Waals surface area contributed by atoms with Crippen molar-refractivity contribution >= 4 is 10.9 Å². The Morgan fingerprint density at radius 1 is 1.29 bits per heavy atom. The Hall–Kier alpha value is -1.65. The molecule has 1 aromatic heterocycles. The fraction of sp³-hybridized carbons (Fsp3) is 0.471. The highest BCUT2D eigenvalue weighted by Crippen LogP contribution is 2.23. The SMILES string of the molecule is CC(C)NC(C)(CO)CCOc1cccc2cccnc12. The summed E-state index contributed by atoms with van der Waals surface area (Å²) in [5.74, 6) is 0.790. The van der Waals surface area contributed by atoms with Gasteiger partial charge < -0.3 is 15.2 Å². The Labute approximate surface area is 126 Å². The van der Waals surface area contributed by atoms with Gasteiger partial charge in [-0.2, -0.15) is 0 Å². The number of rotatable bonds is 7. The Morgan fingerprint density at radius 3 is 2.76 bits per heavy atom. The van der Waals surface area contributed by atoms with Gasteiger partial charge in [-0.15, -0.1) is 0 Å². The number of hydrogen-bond acceptors (Lipinski definition) is 4. The zero-order valence-electron chi connectivity index (χ0n) is 13.0. The second-order valence-electron chi connectivity index (χ2n) is 5.95. The second-order valence-corrected chi connectivity index (χ2v) is 5.95. The van der Waals surface area contributed by atoms with E-state index < -0.39 is 0 Å². The predicted molar refractivity (Wildman–Crippen MR) is 85.6 cm³/mol. The molecule has 0 saturated carbocycles. The summed E-state index contributed by atoms with van der Waals surface area (Å²) < 4.78 is 5.88. The third-order valence-corrected chi connectivity index (χ3v) is 3.49. The molecule has 0 aliphatic rings. The standard InChI is InChI=1S/C17H24N2O2/c1-13(2)19-17(3,12-20)9-11-21-15-8-4-6-14-7-5-10-18-16(14)15/h4-8,10,13,19-20H,9,11-12H2,1-3H3. The van der Waals surface area contributed by atoms with E-state index in [1.807, 2.05) is 37.3 Å². The molecule has 1 heterocycles. The third kappa shape index (κ3) is 4.16. The summed E-state index contributed by atoms with van der Waals surface area (Å²) in [6.07, 6.45) is 2.50. The molecule has 1 aromatic carbocycles. The van der Waals surface area contributed by atoms with Gasteiger partial charge in [0.2, 0.25) is 0 Å². The van der Waals surface area contributed by atoms with Gasteiger partial charge >= 0.3 is 0 Å². The maximum absolute atomic E-state index is 9.57. The van der Waals surface area contributed by atoms with Crippen molar-refractivity contribution in [3.63, 3.8) is 0 Å². The van der Waals surface area contributed by atoms with Crippen molar-refractivity contribution in [3.8, 4) is 5.75 Å². The van der Waals surface area contributed by atoms with Crippen LogP contribution in [0.3, 0.4) is 0 Å². The van der Waals surface area contributed by atoms with Crippen LogP contribution in [0.5, 0.6) is 5.75 Å². The van der Waals surface area contributed by atoms with Crippen LogP contribution in [0.1, 0.15) is 27.2 Å². The van der Waals surface area contributed by atoms with Crippen molar-refractivity contribution in [1.29, 1.82) is 0 Å². The number of ether oxygens (including phenoxy) is 1. The van der Waals surface area contributed by atoms with E-state index in [1.165, 1.54) is 0 Å². The van der Waals surface area contributed by atoms with Crippen LogP contribution < -0.4 is 10.1 Å². The van der Waals surface area contributed by atoms with Gasteiger partial charge in [-0.25, -0.2) is 0 Å². The molecule has 2 rings (SSSR count). The molecule has 1 atom stereocenters. The number of pyridine rings is 1. The normalized spacial score (nSPS) is 14.3. The number of benzene rings is 1. The number of fused-ring (bicyclic) bond motifs is 1. The van der Waals surface area contributed by atoms with E-state index in [0.29, 0.717) is 12.6 Å². The maximum atomic E-state index is 9.57. The van der Waals surface area contributed by atoms with E-state index in [0.717, 1.165) is 23.1 Å².